The van der Waals surface area contributed by atoms with E-state index in [9.17, 15) is 0 Å². The highest BCUT2D eigenvalue weighted by atomic mass is 14.8. The van der Waals surface area contributed by atoms with Crippen molar-refractivity contribution < 1.29 is 0 Å². The third kappa shape index (κ3) is 4.63. The molecule has 0 saturated heterocycles. The molecule has 0 aromatic heterocycles. The molecule has 0 aliphatic carbocycles. The third-order valence-electron chi connectivity index (χ3n) is 2.55. The fourth-order valence-corrected chi connectivity index (χ4v) is 1.36. The molecule has 1 nitrogen and oxygen atoms in total. The summed E-state index contributed by atoms with van der Waals surface area (Å²) in [6, 6.07) is 0. The predicted octanol–water partition coefficient (Wildman–Crippen LogP) is 4.83. The van der Waals surface area contributed by atoms with Gasteiger partial charge in [0.25, 0.3) is 0 Å². The standard InChI is InChI=1S/C14H27N/c1-10(2)12(14(7,8)9)15-11(3)13(4,5)6/h1-9H3. The van der Waals surface area contributed by atoms with Crippen LogP contribution >= 0.6 is 0 Å². The largest absolute Gasteiger partial charge is 0.262 e. The molecule has 15 heavy (non-hydrogen) atoms. The van der Waals surface area contributed by atoms with Gasteiger partial charge in [0.1, 0.15) is 0 Å². The predicted molar refractivity (Wildman–Crippen MR) is 70.4 cm³/mol. The summed E-state index contributed by atoms with van der Waals surface area (Å²) in [6.45, 7) is 19.7. The van der Waals surface area contributed by atoms with Gasteiger partial charge in [0.15, 0.2) is 0 Å². The summed E-state index contributed by atoms with van der Waals surface area (Å²) in [5, 5.41) is 0. The van der Waals surface area contributed by atoms with E-state index >= 15 is 0 Å². The normalized spacial score (nSPS) is 14.1. The third-order valence-corrected chi connectivity index (χ3v) is 2.55. The van der Waals surface area contributed by atoms with Gasteiger partial charge >= 0.3 is 0 Å². The number of hydrogen-bond donors (Lipinski definition) is 0. The van der Waals surface area contributed by atoms with Crippen LogP contribution < -0.4 is 0 Å². The lowest BCUT2D eigenvalue weighted by Crippen LogP contribution is -2.19. The van der Waals surface area contributed by atoms with E-state index in [0.29, 0.717) is 0 Å². The van der Waals surface area contributed by atoms with E-state index in [1.807, 2.05) is 0 Å². The fourth-order valence-electron chi connectivity index (χ4n) is 1.36. The van der Waals surface area contributed by atoms with E-state index in [-0.39, 0.29) is 10.8 Å². The van der Waals surface area contributed by atoms with Crippen LogP contribution in [-0.4, -0.2) is 5.71 Å². The average Bonchev–Trinajstić information content (AvgIpc) is 1.94. The number of hydrogen-bond acceptors (Lipinski definition) is 1. The number of allylic oxidation sites excluding steroid dienone is 2. The summed E-state index contributed by atoms with van der Waals surface area (Å²) in [5.74, 6) is 0. The molecule has 0 heterocycles. The molecular weight excluding hydrogens is 182 g/mol. The Morgan fingerprint density at radius 2 is 1.13 bits per heavy atom. The second-order valence-electron chi connectivity index (χ2n) is 6.55. The first-order valence-corrected chi connectivity index (χ1v) is 5.70. The van der Waals surface area contributed by atoms with E-state index in [0.717, 1.165) is 0 Å². The minimum absolute atomic E-state index is 0.130. The summed E-state index contributed by atoms with van der Waals surface area (Å²) < 4.78 is 0. The van der Waals surface area contributed by atoms with Crippen molar-refractivity contribution in [3.8, 4) is 0 Å². The molecule has 0 bridgehead atoms. The molecule has 0 aromatic rings. The van der Waals surface area contributed by atoms with Crippen molar-refractivity contribution in [1.29, 1.82) is 0 Å². The summed E-state index contributed by atoms with van der Waals surface area (Å²) in [6.07, 6.45) is 0. The Morgan fingerprint density at radius 1 is 0.733 bits per heavy atom. The zero-order valence-electron chi connectivity index (χ0n) is 11.9. The van der Waals surface area contributed by atoms with E-state index in [2.05, 4.69) is 62.3 Å². The van der Waals surface area contributed by atoms with Gasteiger partial charge in [-0.3, -0.25) is 4.99 Å². The van der Waals surface area contributed by atoms with Crippen LogP contribution in [0.4, 0.5) is 0 Å². The van der Waals surface area contributed by atoms with Crippen molar-refractivity contribution >= 4 is 5.71 Å². The lowest BCUT2D eigenvalue weighted by molar-refractivity contribution is 0.488. The van der Waals surface area contributed by atoms with Crippen LogP contribution in [0.15, 0.2) is 16.3 Å². The van der Waals surface area contributed by atoms with Crippen LogP contribution in [0, 0.1) is 10.8 Å². The lowest BCUT2D eigenvalue weighted by Gasteiger charge is -2.25. The SMILES string of the molecule is CC(=NC(=C(C)C)C(C)(C)C)C(C)(C)C. The summed E-state index contributed by atoms with van der Waals surface area (Å²) in [7, 11) is 0. The molecule has 0 radical (unpaired) electrons. The molecule has 0 aliphatic heterocycles. The van der Waals surface area contributed by atoms with Gasteiger partial charge in [-0.15, -0.1) is 0 Å². The molecule has 0 amide bonds. The summed E-state index contributed by atoms with van der Waals surface area (Å²) >= 11 is 0. The van der Waals surface area contributed by atoms with Gasteiger partial charge < -0.3 is 0 Å². The Labute approximate surface area is 95.7 Å². The maximum absolute atomic E-state index is 4.81. The fraction of sp³-hybridized carbons (Fsp3) is 0.786. The number of rotatable bonds is 1. The Kier molecular flexibility index (Phi) is 4.33. The molecule has 0 N–H and O–H groups in total. The van der Waals surface area contributed by atoms with Gasteiger partial charge in [0.2, 0.25) is 0 Å². The molecule has 0 aliphatic rings. The van der Waals surface area contributed by atoms with Crippen LogP contribution in [-0.2, 0) is 0 Å². The van der Waals surface area contributed by atoms with Gasteiger partial charge in [-0.2, -0.15) is 0 Å². The highest BCUT2D eigenvalue weighted by Crippen LogP contribution is 2.30. The van der Waals surface area contributed by atoms with Gasteiger partial charge in [0, 0.05) is 16.8 Å². The highest BCUT2D eigenvalue weighted by molar-refractivity contribution is 5.87. The zero-order chi connectivity index (χ0) is 12.4. The lowest BCUT2D eigenvalue weighted by atomic mass is 9.87. The Hall–Kier alpha value is -0.590. The molecule has 0 fully saturated rings. The summed E-state index contributed by atoms with van der Waals surface area (Å²) in [4.78, 5) is 4.81. The van der Waals surface area contributed by atoms with Crippen LogP contribution in [0.1, 0.15) is 62.3 Å². The second kappa shape index (κ2) is 4.51. The van der Waals surface area contributed by atoms with Crippen molar-refractivity contribution in [1.82, 2.24) is 0 Å². The molecule has 0 spiro atoms. The molecular formula is C14H27N. The Morgan fingerprint density at radius 3 is 1.33 bits per heavy atom. The Bertz CT molecular complexity index is 275. The Balaban J connectivity index is 5.31. The number of aliphatic imine (C=N–C) groups is 1. The van der Waals surface area contributed by atoms with Crippen LogP contribution in [0.5, 0.6) is 0 Å². The molecule has 1 heteroatoms. The van der Waals surface area contributed by atoms with Gasteiger partial charge in [0.05, 0.1) is 0 Å². The first-order valence-electron chi connectivity index (χ1n) is 5.70. The van der Waals surface area contributed by atoms with E-state index in [4.69, 9.17) is 4.99 Å². The quantitative estimate of drug-likeness (QED) is 0.548. The van der Waals surface area contributed by atoms with E-state index in [1.165, 1.54) is 17.0 Å². The number of nitrogens with zero attached hydrogens (tertiary/aromatic N) is 1. The van der Waals surface area contributed by atoms with Crippen molar-refractivity contribution in [2.75, 3.05) is 0 Å². The van der Waals surface area contributed by atoms with E-state index in [1.54, 1.807) is 0 Å². The highest BCUT2D eigenvalue weighted by Gasteiger charge is 2.21. The zero-order valence-corrected chi connectivity index (χ0v) is 11.9. The second-order valence-corrected chi connectivity index (χ2v) is 6.55. The average molecular weight is 209 g/mol. The van der Waals surface area contributed by atoms with E-state index < -0.39 is 0 Å². The summed E-state index contributed by atoms with van der Waals surface area (Å²) in [5.41, 5.74) is 4.02. The maximum atomic E-state index is 4.81. The smallest absolute Gasteiger partial charge is 0.0442 e. The van der Waals surface area contributed by atoms with Crippen LogP contribution in [0.3, 0.4) is 0 Å². The van der Waals surface area contributed by atoms with Gasteiger partial charge in [-0.1, -0.05) is 47.1 Å². The van der Waals surface area contributed by atoms with Gasteiger partial charge in [-0.05, 0) is 26.2 Å². The van der Waals surface area contributed by atoms with Crippen molar-refractivity contribution in [2.24, 2.45) is 15.8 Å². The monoisotopic (exact) mass is 209 g/mol. The molecule has 88 valence electrons. The first kappa shape index (κ1) is 14.4. The first-order chi connectivity index (χ1) is 6.46. The van der Waals surface area contributed by atoms with Crippen LogP contribution in [0.2, 0.25) is 0 Å². The minimum Gasteiger partial charge on any atom is -0.262 e. The molecule has 0 aromatic carbocycles. The van der Waals surface area contributed by atoms with Crippen molar-refractivity contribution in [2.45, 2.75) is 62.3 Å². The maximum Gasteiger partial charge on any atom is 0.0442 e. The van der Waals surface area contributed by atoms with Gasteiger partial charge in [-0.25, -0.2) is 0 Å². The van der Waals surface area contributed by atoms with Crippen molar-refractivity contribution in [3.05, 3.63) is 11.3 Å². The van der Waals surface area contributed by atoms with Crippen LogP contribution in [0.25, 0.3) is 0 Å². The molecule has 0 unspecified atom stereocenters. The molecule has 0 atom stereocenters. The molecule has 0 rings (SSSR count). The van der Waals surface area contributed by atoms with Crippen molar-refractivity contribution in [3.63, 3.8) is 0 Å². The minimum atomic E-state index is 0.130. The molecule has 0 saturated carbocycles. The topological polar surface area (TPSA) is 12.4 Å².